The van der Waals surface area contributed by atoms with Crippen LogP contribution in [-0.4, -0.2) is 17.7 Å². The van der Waals surface area contributed by atoms with E-state index in [2.05, 4.69) is 50.3 Å². The monoisotopic (exact) mass is 651 g/mol. The normalized spacial score (nSPS) is 14.0. The predicted molar refractivity (Wildman–Crippen MR) is 139 cm³/mol. The number of halogens is 2. The molecule has 0 radical (unpaired) electrons. The highest BCUT2D eigenvalue weighted by Gasteiger charge is 2.22. The van der Waals surface area contributed by atoms with E-state index in [4.69, 9.17) is 9.57 Å². The molecule has 0 atom stereocenters. The second-order valence-corrected chi connectivity index (χ2v) is 9.66. The van der Waals surface area contributed by atoms with Crippen LogP contribution in [0.25, 0.3) is 0 Å². The van der Waals surface area contributed by atoms with Gasteiger partial charge in [-0.15, -0.1) is 0 Å². The smallest absolute Gasteiger partial charge is 0.366 e. The second-order valence-electron chi connectivity index (χ2n) is 7.33. The summed E-state index contributed by atoms with van der Waals surface area (Å²) in [5, 5.41) is 4.19. The Hall–Kier alpha value is -2.27. The van der Waals surface area contributed by atoms with E-state index in [0.717, 1.165) is 42.4 Å². The Kier molecular flexibility index (Phi) is 7.24. The number of benzene rings is 3. The number of oxime groups is 1. The molecule has 0 bridgehead atoms. The van der Waals surface area contributed by atoms with Gasteiger partial charge in [0, 0.05) is 12.7 Å². The highest BCUT2D eigenvalue weighted by atomic mass is 127. The number of nitrogens with zero attached hydrogens (tertiary/aromatic N) is 1. The number of ether oxygens (including phenoxy) is 1. The van der Waals surface area contributed by atoms with Gasteiger partial charge in [-0.1, -0.05) is 29.4 Å². The minimum Gasteiger partial charge on any atom is -0.423 e. The van der Waals surface area contributed by atoms with Crippen molar-refractivity contribution in [2.45, 2.75) is 26.2 Å². The molecule has 0 fully saturated rings. The summed E-state index contributed by atoms with van der Waals surface area (Å²) in [7, 11) is 0. The summed E-state index contributed by atoms with van der Waals surface area (Å²) in [4.78, 5) is 30.4. The average molecular weight is 651 g/mol. The Morgan fingerprint density at radius 3 is 2.12 bits per heavy atom. The van der Waals surface area contributed by atoms with Crippen LogP contribution in [0.2, 0.25) is 0 Å². The van der Waals surface area contributed by atoms with Crippen molar-refractivity contribution < 1.29 is 19.2 Å². The van der Waals surface area contributed by atoms with Crippen molar-refractivity contribution in [1.29, 1.82) is 0 Å². The third kappa shape index (κ3) is 4.88. The maximum atomic E-state index is 12.7. The number of hydrogen-bond donors (Lipinski definition) is 0. The molecule has 0 saturated heterocycles. The van der Waals surface area contributed by atoms with Crippen LogP contribution in [0.1, 0.15) is 50.2 Å². The van der Waals surface area contributed by atoms with Crippen LogP contribution in [0.4, 0.5) is 0 Å². The van der Waals surface area contributed by atoms with E-state index in [1.807, 2.05) is 43.3 Å². The molecular weight excluding hydrogens is 632 g/mol. The van der Waals surface area contributed by atoms with Gasteiger partial charge in [0.15, 0.2) is 0 Å². The average Bonchev–Trinajstić information content (AvgIpc) is 2.80. The quantitative estimate of drug-likeness (QED) is 0.109. The topological polar surface area (TPSA) is 65.0 Å². The Morgan fingerprint density at radius 2 is 1.47 bits per heavy atom. The van der Waals surface area contributed by atoms with Gasteiger partial charge in [0.1, 0.15) is 5.75 Å². The second kappa shape index (κ2) is 10.1. The van der Waals surface area contributed by atoms with E-state index in [1.165, 1.54) is 0 Å². The Bertz CT molecular complexity index is 1240. The summed E-state index contributed by atoms with van der Waals surface area (Å²) in [6.45, 7) is 1.94. The van der Waals surface area contributed by atoms with E-state index in [9.17, 15) is 9.59 Å². The lowest BCUT2D eigenvalue weighted by Crippen LogP contribution is -2.17. The zero-order valence-electron chi connectivity index (χ0n) is 17.2. The van der Waals surface area contributed by atoms with Gasteiger partial charge in [-0.05, 0) is 119 Å². The van der Waals surface area contributed by atoms with Crippen molar-refractivity contribution in [2.24, 2.45) is 5.16 Å². The predicted octanol–water partition coefficient (Wildman–Crippen LogP) is 6.32. The summed E-state index contributed by atoms with van der Waals surface area (Å²) in [6, 6.07) is 18.2. The molecule has 0 unspecified atom stereocenters. The highest BCUT2D eigenvalue weighted by molar-refractivity contribution is 14.1. The maximum absolute atomic E-state index is 12.7. The summed E-state index contributed by atoms with van der Waals surface area (Å²) in [5.74, 6) is -0.325. The third-order valence-corrected chi connectivity index (χ3v) is 7.21. The Balaban J connectivity index is 1.57. The van der Waals surface area contributed by atoms with Crippen LogP contribution < -0.4 is 4.74 Å². The van der Waals surface area contributed by atoms with Crippen LogP contribution >= 0.6 is 45.2 Å². The summed E-state index contributed by atoms with van der Waals surface area (Å²) in [5.41, 5.74) is 4.64. The summed E-state index contributed by atoms with van der Waals surface area (Å²) in [6.07, 6.45) is 2.44. The molecule has 0 spiro atoms. The number of hydrogen-bond acceptors (Lipinski definition) is 5. The van der Waals surface area contributed by atoms with Crippen molar-refractivity contribution in [1.82, 2.24) is 0 Å². The molecule has 1 aliphatic rings. The van der Waals surface area contributed by atoms with Crippen molar-refractivity contribution in [2.75, 3.05) is 0 Å². The van der Waals surface area contributed by atoms with Crippen molar-refractivity contribution in [3.05, 3.63) is 95.6 Å². The van der Waals surface area contributed by atoms with Gasteiger partial charge < -0.3 is 9.57 Å². The Labute approximate surface area is 213 Å². The fraction of sp³-hybridized carbons (Fsp3) is 0.160. The van der Waals surface area contributed by atoms with Crippen molar-refractivity contribution in [3.63, 3.8) is 0 Å². The van der Waals surface area contributed by atoms with Gasteiger partial charge in [0.25, 0.3) is 0 Å². The highest BCUT2D eigenvalue weighted by Crippen LogP contribution is 2.32. The lowest BCUT2D eigenvalue weighted by atomic mass is 9.87. The molecule has 0 saturated carbocycles. The van der Waals surface area contributed by atoms with Gasteiger partial charge in [-0.25, -0.2) is 9.59 Å². The van der Waals surface area contributed by atoms with E-state index in [0.29, 0.717) is 23.3 Å². The molecular formula is C25H19I2NO4. The van der Waals surface area contributed by atoms with Crippen LogP contribution in [0.3, 0.4) is 0 Å². The first-order chi connectivity index (χ1) is 15.5. The molecule has 0 N–H and O–H groups in total. The summed E-state index contributed by atoms with van der Waals surface area (Å²) < 4.78 is 7.37. The molecule has 3 aromatic rings. The first kappa shape index (κ1) is 22.9. The fourth-order valence-electron chi connectivity index (χ4n) is 3.65. The standard InChI is InChI=1S/C25H19I2NO4/c1-15-16-9-6-12-22(28-32-25(30)19-8-3-5-11-21(19)27)17(16)13-14-23(15)31-24(29)18-7-2-4-10-20(18)26/h2-5,7-8,10-11,13-14H,6,9,12H2,1H3/b28-22+. The van der Waals surface area contributed by atoms with E-state index in [-0.39, 0.29) is 5.97 Å². The molecule has 4 rings (SSSR count). The van der Waals surface area contributed by atoms with Crippen molar-refractivity contribution in [3.8, 4) is 5.75 Å². The molecule has 0 aromatic heterocycles. The molecule has 3 aromatic carbocycles. The van der Waals surface area contributed by atoms with Gasteiger partial charge in [-0.3, -0.25) is 0 Å². The third-order valence-electron chi connectivity index (χ3n) is 5.33. The minimum absolute atomic E-state index is 0.380. The SMILES string of the molecule is Cc1c(OC(=O)c2ccccc2I)ccc2c1CCC/C2=N\OC(=O)c1ccccc1I. The van der Waals surface area contributed by atoms with E-state index < -0.39 is 5.97 Å². The first-order valence-corrected chi connectivity index (χ1v) is 12.2. The van der Waals surface area contributed by atoms with Gasteiger partial charge in [0.05, 0.1) is 16.8 Å². The maximum Gasteiger partial charge on any atom is 0.366 e. The molecule has 0 amide bonds. The molecule has 0 aliphatic heterocycles. The zero-order valence-corrected chi connectivity index (χ0v) is 21.5. The lowest BCUT2D eigenvalue weighted by molar-refractivity contribution is 0.0513. The van der Waals surface area contributed by atoms with Crippen LogP contribution in [-0.2, 0) is 11.3 Å². The number of rotatable bonds is 4. The van der Waals surface area contributed by atoms with Crippen LogP contribution in [0.15, 0.2) is 65.8 Å². The first-order valence-electron chi connectivity index (χ1n) is 10.1. The number of esters is 1. The molecule has 0 heterocycles. The minimum atomic E-state index is -0.477. The molecule has 1 aliphatic carbocycles. The molecule has 5 nitrogen and oxygen atoms in total. The zero-order chi connectivity index (χ0) is 22.7. The van der Waals surface area contributed by atoms with Crippen LogP contribution in [0, 0.1) is 14.1 Å². The van der Waals surface area contributed by atoms with E-state index in [1.54, 1.807) is 24.3 Å². The van der Waals surface area contributed by atoms with Crippen LogP contribution in [0.5, 0.6) is 5.75 Å². The molecule has 7 heteroatoms. The molecule has 162 valence electrons. The number of carbonyl (C=O) groups excluding carboxylic acids is 2. The van der Waals surface area contributed by atoms with Gasteiger partial charge in [-0.2, -0.15) is 0 Å². The number of carbonyl (C=O) groups is 2. The number of fused-ring (bicyclic) bond motifs is 1. The molecule has 32 heavy (non-hydrogen) atoms. The largest absolute Gasteiger partial charge is 0.423 e. The van der Waals surface area contributed by atoms with Crippen molar-refractivity contribution >= 4 is 62.8 Å². The van der Waals surface area contributed by atoms with E-state index >= 15 is 0 Å². The summed E-state index contributed by atoms with van der Waals surface area (Å²) >= 11 is 4.23. The lowest BCUT2D eigenvalue weighted by Gasteiger charge is -2.21. The fourth-order valence-corrected chi connectivity index (χ4v) is 4.87. The Morgan fingerprint density at radius 1 is 0.844 bits per heavy atom. The van der Waals surface area contributed by atoms with Gasteiger partial charge >= 0.3 is 11.9 Å². The van der Waals surface area contributed by atoms with Gasteiger partial charge in [0.2, 0.25) is 0 Å².